The molecule has 0 aliphatic carbocycles. The molecule has 0 saturated heterocycles. The van der Waals surface area contributed by atoms with Crippen molar-refractivity contribution in [3.8, 4) is 0 Å². The molecular formula is C5H11Pb. The van der Waals surface area contributed by atoms with Gasteiger partial charge in [-0.1, -0.05) is 0 Å². The Labute approximate surface area is 56.0 Å². The normalized spacial score (nSPS) is 12.0. The molecule has 0 heterocycles. The van der Waals surface area contributed by atoms with Gasteiger partial charge in [-0.2, -0.15) is 0 Å². The van der Waals surface area contributed by atoms with E-state index in [1.165, 1.54) is 32.2 Å². The molecule has 0 bridgehead atoms. The van der Waals surface area contributed by atoms with Gasteiger partial charge < -0.3 is 0 Å². The van der Waals surface area contributed by atoms with Crippen molar-refractivity contribution in [2.75, 3.05) is 0 Å². The zero-order valence-corrected chi connectivity index (χ0v) is 8.59. The molecule has 0 atom stereocenters. The summed E-state index contributed by atoms with van der Waals surface area (Å²) in [5, 5.41) is 0. The molecule has 0 aromatic carbocycles. The average molecular weight is 278 g/mol. The van der Waals surface area contributed by atoms with Crippen LogP contribution < -0.4 is 0 Å². The summed E-state index contributed by atoms with van der Waals surface area (Å²) in [6.07, 6.45) is 1.33. The SMILES string of the molecule is CC[C](C)(C)[Pb]. The molecule has 35 valence electrons. The van der Waals surface area contributed by atoms with Crippen LogP contribution in [0.25, 0.3) is 0 Å². The standard InChI is InChI=1S/C5H11.Pb/c1-4-5(2)3;/h4H2,1-3H3;. The maximum atomic E-state index is 2.30. The summed E-state index contributed by atoms with van der Waals surface area (Å²) >= 11 is 1.33. The monoisotopic (exact) mass is 279 g/mol. The van der Waals surface area contributed by atoms with E-state index in [1.54, 1.807) is 0 Å². The summed E-state index contributed by atoms with van der Waals surface area (Å²) in [6, 6.07) is 0. The van der Waals surface area contributed by atoms with Crippen molar-refractivity contribution in [1.82, 2.24) is 0 Å². The van der Waals surface area contributed by atoms with Crippen molar-refractivity contribution in [2.45, 2.75) is 30.2 Å². The first-order chi connectivity index (χ1) is 2.56. The van der Waals surface area contributed by atoms with Gasteiger partial charge in [-0.25, -0.2) is 0 Å². The fraction of sp³-hybridized carbons (Fsp3) is 1.00. The Balaban J connectivity index is 3.17. The molecule has 0 N–H and O–H groups in total. The molecule has 0 unspecified atom stereocenters. The number of rotatable bonds is 1. The van der Waals surface area contributed by atoms with Gasteiger partial charge in [0.2, 0.25) is 0 Å². The van der Waals surface area contributed by atoms with Crippen LogP contribution >= 0.6 is 0 Å². The Morgan fingerprint density at radius 3 is 1.67 bits per heavy atom. The van der Waals surface area contributed by atoms with E-state index in [9.17, 15) is 0 Å². The quantitative estimate of drug-likeness (QED) is 0.641. The Morgan fingerprint density at radius 1 is 1.50 bits per heavy atom. The van der Waals surface area contributed by atoms with Gasteiger partial charge in [0.05, 0.1) is 0 Å². The van der Waals surface area contributed by atoms with E-state index >= 15 is 0 Å². The predicted octanol–water partition coefficient (Wildman–Crippen LogP) is 1.76. The zero-order valence-electron chi connectivity index (χ0n) is 4.71. The fourth-order valence-corrected chi connectivity index (χ4v) is 0. The maximum absolute atomic E-state index is 2.30. The van der Waals surface area contributed by atoms with Crippen LogP contribution in [0.4, 0.5) is 0 Å². The van der Waals surface area contributed by atoms with Crippen LogP contribution in [-0.2, 0) is 0 Å². The van der Waals surface area contributed by atoms with Crippen LogP contribution in [-0.4, -0.2) is 25.8 Å². The van der Waals surface area contributed by atoms with E-state index in [4.69, 9.17) is 0 Å². The van der Waals surface area contributed by atoms with Crippen LogP contribution in [0.1, 0.15) is 27.2 Å². The predicted molar refractivity (Wildman–Crippen MR) is 30.1 cm³/mol. The summed E-state index contributed by atoms with van der Waals surface area (Å²) < 4.78 is 0.681. The molecule has 0 amide bonds. The van der Waals surface area contributed by atoms with Gasteiger partial charge >= 0.3 is 55.9 Å². The van der Waals surface area contributed by atoms with Crippen LogP contribution in [0.3, 0.4) is 0 Å². The van der Waals surface area contributed by atoms with Gasteiger partial charge in [-0.05, 0) is 0 Å². The third-order valence-electron chi connectivity index (χ3n) is 0.884. The molecule has 0 fully saturated rings. The Morgan fingerprint density at radius 2 is 1.67 bits per heavy atom. The van der Waals surface area contributed by atoms with Crippen LogP contribution in [0.5, 0.6) is 0 Å². The topological polar surface area (TPSA) is 0 Å². The van der Waals surface area contributed by atoms with Gasteiger partial charge in [0.15, 0.2) is 0 Å². The van der Waals surface area contributed by atoms with E-state index in [-0.39, 0.29) is 0 Å². The Bertz CT molecular complexity index is 33.7. The van der Waals surface area contributed by atoms with E-state index in [1.807, 2.05) is 0 Å². The summed E-state index contributed by atoms with van der Waals surface area (Å²) in [6.45, 7) is 6.85. The number of hydrogen-bond acceptors (Lipinski definition) is 0. The second kappa shape index (κ2) is 2.29. The average Bonchev–Trinajstić information content (AvgIpc) is 1.35. The van der Waals surface area contributed by atoms with Crippen LogP contribution in [0.2, 0.25) is 2.97 Å². The molecule has 0 spiro atoms. The van der Waals surface area contributed by atoms with Crippen LogP contribution in [0, 0.1) is 0 Å². The first kappa shape index (κ1) is 6.92. The summed E-state index contributed by atoms with van der Waals surface area (Å²) in [5.74, 6) is 0. The Kier molecular flexibility index (Phi) is 2.64. The van der Waals surface area contributed by atoms with E-state index in [2.05, 4.69) is 20.8 Å². The first-order valence-electron chi connectivity index (χ1n) is 2.31. The molecular weight excluding hydrogens is 267 g/mol. The molecule has 0 saturated carbocycles. The first-order valence-corrected chi connectivity index (χ1v) is 4.25. The van der Waals surface area contributed by atoms with Crippen molar-refractivity contribution < 1.29 is 0 Å². The van der Waals surface area contributed by atoms with E-state index in [0.29, 0.717) is 2.97 Å². The molecule has 0 aliphatic rings. The van der Waals surface area contributed by atoms with Crippen molar-refractivity contribution >= 4 is 25.8 Å². The second-order valence-electron chi connectivity index (χ2n) is 2.24. The molecule has 0 aliphatic heterocycles. The molecule has 0 rings (SSSR count). The van der Waals surface area contributed by atoms with Gasteiger partial charge in [-0.3, -0.25) is 0 Å². The Hall–Kier alpha value is 0.922. The van der Waals surface area contributed by atoms with Crippen molar-refractivity contribution in [3.63, 3.8) is 0 Å². The molecule has 0 aromatic rings. The minimum atomic E-state index is 0.681. The van der Waals surface area contributed by atoms with Crippen molar-refractivity contribution in [2.24, 2.45) is 0 Å². The van der Waals surface area contributed by atoms with Crippen molar-refractivity contribution in [1.29, 1.82) is 0 Å². The zero-order chi connectivity index (χ0) is 5.21. The fourth-order valence-electron chi connectivity index (χ4n) is 0. The van der Waals surface area contributed by atoms with Gasteiger partial charge in [-0.15, -0.1) is 0 Å². The van der Waals surface area contributed by atoms with Crippen molar-refractivity contribution in [3.05, 3.63) is 0 Å². The molecule has 0 aromatic heterocycles. The second-order valence-corrected chi connectivity index (χ2v) is 7.50. The molecule has 3 radical (unpaired) electrons. The van der Waals surface area contributed by atoms with Gasteiger partial charge in [0.25, 0.3) is 0 Å². The minimum absolute atomic E-state index is 0.681. The van der Waals surface area contributed by atoms with Gasteiger partial charge in [0.1, 0.15) is 0 Å². The van der Waals surface area contributed by atoms with Crippen LogP contribution in [0.15, 0.2) is 0 Å². The summed E-state index contributed by atoms with van der Waals surface area (Å²) in [4.78, 5) is 0. The molecule has 0 nitrogen and oxygen atoms in total. The summed E-state index contributed by atoms with van der Waals surface area (Å²) in [5.41, 5.74) is 0. The summed E-state index contributed by atoms with van der Waals surface area (Å²) in [7, 11) is 0. The van der Waals surface area contributed by atoms with Gasteiger partial charge in [0, 0.05) is 0 Å². The molecule has 6 heavy (non-hydrogen) atoms. The van der Waals surface area contributed by atoms with E-state index in [0.717, 1.165) is 0 Å². The van der Waals surface area contributed by atoms with E-state index < -0.39 is 0 Å². The third-order valence-corrected chi connectivity index (χ3v) is 2.26. The third kappa shape index (κ3) is 4.92. The molecule has 1 heteroatoms. The number of hydrogen-bond donors (Lipinski definition) is 0.